The van der Waals surface area contributed by atoms with Crippen molar-refractivity contribution >= 4 is 66.7 Å². The zero-order chi connectivity index (χ0) is 31.9. The summed E-state index contributed by atoms with van der Waals surface area (Å²) in [5.41, 5.74) is 2.57. The van der Waals surface area contributed by atoms with Gasteiger partial charge in [0, 0.05) is 34.0 Å². The highest BCUT2D eigenvalue weighted by atomic mass is 79.9. The monoisotopic (exact) mass is 715 g/mol. The number of anilines is 1. The van der Waals surface area contributed by atoms with Crippen LogP contribution in [0, 0.1) is 6.92 Å². The van der Waals surface area contributed by atoms with Gasteiger partial charge in [-0.15, -0.1) is 0 Å². The van der Waals surface area contributed by atoms with E-state index in [-0.39, 0.29) is 29.5 Å². The summed E-state index contributed by atoms with van der Waals surface area (Å²) in [7, 11) is -4.20. The number of rotatable bonds is 12. The average molecular weight is 718 g/mol. The van der Waals surface area contributed by atoms with E-state index in [1.54, 1.807) is 61.5 Å². The van der Waals surface area contributed by atoms with Gasteiger partial charge in [0.1, 0.15) is 12.6 Å². The van der Waals surface area contributed by atoms with Gasteiger partial charge in [-0.2, -0.15) is 0 Å². The van der Waals surface area contributed by atoms with Crippen LogP contribution in [0.1, 0.15) is 23.6 Å². The largest absolute Gasteiger partial charge is 0.355 e. The number of carbonyl (C=O) groups excluding carboxylic acids is 2. The summed E-state index contributed by atoms with van der Waals surface area (Å²) in [6, 6.07) is 26.4. The maximum absolute atomic E-state index is 14.4. The third-order valence-electron chi connectivity index (χ3n) is 6.96. The normalized spacial score (nSPS) is 11.9. The summed E-state index contributed by atoms with van der Waals surface area (Å²) >= 11 is 16.1. The Morgan fingerprint density at radius 2 is 1.61 bits per heavy atom. The molecular formula is C33H32BrCl2N3O4S. The fourth-order valence-corrected chi connectivity index (χ4v) is 6.94. The summed E-state index contributed by atoms with van der Waals surface area (Å²) in [6.45, 7) is 3.38. The number of hydrogen-bond acceptors (Lipinski definition) is 4. The van der Waals surface area contributed by atoms with Crippen molar-refractivity contribution in [3.63, 3.8) is 0 Å². The summed E-state index contributed by atoms with van der Waals surface area (Å²) in [6.07, 6.45) is 0.200. The lowest BCUT2D eigenvalue weighted by atomic mass is 10.0. The first kappa shape index (κ1) is 33.5. The minimum Gasteiger partial charge on any atom is -0.355 e. The van der Waals surface area contributed by atoms with Gasteiger partial charge >= 0.3 is 0 Å². The predicted molar refractivity (Wildman–Crippen MR) is 179 cm³/mol. The molecule has 2 amide bonds. The minimum absolute atomic E-state index is 0.0349. The van der Waals surface area contributed by atoms with Crippen molar-refractivity contribution in [2.24, 2.45) is 0 Å². The van der Waals surface area contributed by atoms with E-state index in [4.69, 9.17) is 23.2 Å². The highest BCUT2D eigenvalue weighted by Gasteiger charge is 2.34. The molecule has 1 N–H and O–H groups in total. The number of nitrogens with one attached hydrogen (secondary N) is 1. The van der Waals surface area contributed by atoms with Crippen molar-refractivity contribution in [3.05, 3.63) is 128 Å². The number of aryl methyl sites for hydroxylation is 1. The number of hydrogen-bond donors (Lipinski definition) is 1. The van der Waals surface area contributed by atoms with Crippen LogP contribution in [-0.4, -0.2) is 44.3 Å². The van der Waals surface area contributed by atoms with E-state index in [0.717, 1.165) is 15.4 Å². The quantitative estimate of drug-likeness (QED) is 0.171. The Hall–Kier alpha value is -3.37. The summed E-state index contributed by atoms with van der Waals surface area (Å²) in [5, 5.41) is 3.58. The molecule has 230 valence electrons. The van der Waals surface area contributed by atoms with Crippen LogP contribution in [0.25, 0.3) is 0 Å². The summed E-state index contributed by atoms with van der Waals surface area (Å²) < 4.78 is 29.9. The third kappa shape index (κ3) is 8.41. The van der Waals surface area contributed by atoms with Gasteiger partial charge in [-0.1, -0.05) is 99.3 Å². The Balaban J connectivity index is 1.82. The van der Waals surface area contributed by atoms with Gasteiger partial charge in [-0.05, 0) is 67.4 Å². The molecule has 0 saturated carbocycles. The molecule has 0 spiro atoms. The van der Waals surface area contributed by atoms with Crippen LogP contribution in [0.5, 0.6) is 0 Å². The zero-order valence-corrected chi connectivity index (χ0v) is 28.1. The predicted octanol–water partition coefficient (Wildman–Crippen LogP) is 7.04. The number of likely N-dealkylation sites (N-methyl/N-ethyl adjacent to an activating group) is 1. The standard InChI is InChI=1S/C33H32BrCl2N3O4S/c1-3-37-33(41)31(18-24-8-5-4-6-9-24)38(21-25-14-15-27(35)20-30(25)36)32(40)22-39(28-11-7-10-26(34)19-28)44(42,43)29-16-12-23(2)13-17-29/h4-17,19-20,31H,3,18,21-22H2,1-2H3,(H,37,41). The topological polar surface area (TPSA) is 86.8 Å². The highest BCUT2D eigenvalue weighted by molar-refractivity contribution is 9.10. The van der Waals surface area contributed by atoms with Gasteiger partial charge in [0.2, 0.25) is 11.8 Å². The SMILES string of the molecule is CCNC(=O)C(Cc1ccccc1)N(Cc1ccc(Cl)cc1Cl)C(=O)CN(c1cccc(Br)c1)S(=O)(=O)c1ccc(C)cc1. The van der Waals surface area contributed by atoms with Gasteiger partial charge in [0.15, 0.2) is 0 Å². The molecule has 11 heteroatoms. The summed E-state index contributed by atoms with van der Waals surface area (Å²) in [4.78, 5) is 29.4. The molecule has 0 aliphatic rings. The molecule has 0 bridgehead atoms. The Bertz CT molecular complexity index is 1720. The molecule has 4 aromatic rings. The van der Waals surface area contributed by atoms with Gasteiger partial charge in [-0.25, -0.2) is 8.42 Å². The molecule has 0 fully saturated rings. The van der Waals surface area contributed by atoms with E-state index in [1.165, 1.54) is 17.0 Å². The Labute approximate surface area is 277 Å². The molecule has 0 aromatic heterocycles. The molecule has 4 aromatic carbocycles. The lowest BCUT2D eigenvalue weighted by molar-refractivity contribution is -0.140. The van der Waals surface area contributed by atoms with Crippen LogP contribution in [0.15, 0.2) is 106 Å². The van der Waals surface area contributed by atoms with Crippen LogP contribution in [0.4, 0.5) is 5.69 Å². The molecule has 1 atom stereocenters. The fraction of sp³-hybridized carbons (Fsp3) is 0.212. The maximum atomic E-state index is 14.4. The van der Waals surface area contributed by atoms with Crippen LogP contribution in [0.3, 0.4) is 0 Å². The number of nitrogens with zero attached hydrogens (tertiary/aromatic N) is 2. The first-order valence-electron chi connectivity index (χ1n) is 13.9. The molecular weight excluding hydrogens is 685 g/mol. The third-order valence-corrected chi connectivity index (χ3v) is 9.83. The van der Waals surface area contributed by atoms with Crippen molar-refractivity contribution in [1.29, 1.82) is 0 Å². The molecule has 4 rings (SSSR count). The van der Waals surface area contributed by atoms with Crippen LogP contribution in [0.2, 0.25) is 10.0 Å². The van der Waals surface area contributed by atoms with E-state index in [2.05, 4.69) is 21.2 Å². The Morgan fingerprint density at radius 3 is 2.25 bits per heavy atom. The second-order valence-corrected chi connectivity index (χ2v) is 13.8. The van der Waals surface area contributed by atoms with Crippen molar-refractivity contribution in [2.75, 3.05) is 17.4 Å². The van der Waals surface area contributed by atoms with Gasteiger partial charge in [0.25, 0.3) is 10.0 Å². The minimum atomic E-state index is -4.20. The number of halogens is 3. The Kier molecular flexibility index (Phi) is 11.5. The lowest BCUT2D eigenvalue weighted by Gasteiger charge is -2.34. The summed E-state index contributed by atoms with van der Waals surface area (Å²) in [5.74, 6) is -0.955. The zero-order valence-electron chi connectivity index (χ0n) is 24.2. The van der Waals surface area contributed by atoms with Crippen LogP contribution < -0.4 is 9.62 Å². The fourth-order valence-electron chi connectivity index (χ4n) is 4.68. The average Bonchev–Trinajstić information content (AvgIpc) is 2.99. The molecule has 0 heterocycles. The maximum Gasteiger partial charge on any atom is 0.264 e. The highest BCUT2D eigenvalue weighted by Crippen LogP contribution is 2.28. The van der Waals surface area contributed by atoms with E-state index < -0.39 is 28.5 Å². The smallest absolute Gasteiger partial charge is 0.264 e. The molecule has 0 saturated heterocycles. The Morgan fingerprint density at radius 1 is 0.909 bits per heavy atom. The van der Waals surface area contributed by atoms with Gasteiger partial charge < -0.3 is 10.2 Å². The number of sulfonamides is 1. The molecule has 1 unspecified atom stereocenters. The first-order chi connectivity index (χ1) is 21.0. The van der Waals surface area contributed by atoms with Crippen molar-refractivity contribution < 1.29 is 18.0 Å². The number of benzene rings is 4. The van der Waals surface area contributed by atoms with Crippen molar-refractivity contribution in [2.45, 2.75) is 37.8 Å². The number of carbonyl (C=O) groups is 2. The lowest BCUT2D eigenvalue weighted by Crippen LogP contribution is -2.53. The molecule has 7 nitrogen and oxygen atoms in total. The van der Waals surface area contributed by atoms with E-state index >= 15 is 0 Å². The van der Waals surface area contributed by atoms with Gasteiger partial charge in [0.05, 0.1) is 10.6 Å². The van der Waals surface area contributed by atoms with Crippen molar-refractivity contribution in [1.82, 2.24) is 10.2 Å². The van der Waals surface area contributed by atoms with Crippen molar-refractivity contribution in [3.8, 4) is 0 Å². The molecule has 0 radical (unpaired) electrons. The van der Waals surface area contributed by atoms with E-state index in [0.29, 0.717) is 26.6 Å². The van der Waals surface area contributed by atoms with Gasteiger partial charge in [-0.3, -0.25) is 13.9 Å². The second kappa shape index (κ2) is 15.1. The molecule has 44 heavy (non-hydrogen) atoms. The molecule has 0 aliphatic carbocycles. The van der Waals surface area contributed by atoms with Crippen LogP contribution >= 0.6 is 39.1 Å². The number of amides is 2. The second-order valence-electron chi connectivity index (χ2n) is 10.2. The first-order valence-corrected chi connectivity index (χ1v) is 16.9. The molecule has 0 aliphatic heterocycles. The van der Waals surface area contributed by atoms with E-state index in [1.807, 2.05) is 37.3 Å². The van der Waals surface area contributed by atoms with E-state index in [9.17, 15) is 18.0 Å². The van der Waals surface area contributed by atoms with Crippen LogP contribution in [-0.2, 0) is 32.6 Å².